The lowest BCUT2D eigenvalue weighted by molar-refractivity contribution is -0.120. The molecular weight excluding hydrogens is 364 g/mol. The van der Waals surface area contributed by atoms with E-state index in [4.69, 9.17) is 0 Å². The van der Waals surface area contributed by atoms with Gasteiger partial charge in [-0.15, -0.1) is 0 Å². The quantitative estimate of drug-likeness (QED) is 0.477. The first kappa shape index (κ1) is 18.6. The minimum Gasteiger partial charge on any atom is -0.368 e. The number of hydrogen-bond acceptors (Lipinski definition) is 5. The summed E-state index contributed by atoms with van der Waals surface area (Å²) in [5.41, 5.74) is 1.03. The molecule has 0 aliphatic heterocycles. The van der Waals surface area contributed by atoms with Crippen LogP contribution in [0, 0.1) is 6.92 Å². The molecule has 1 amide bonds. The van der Waals surface area contributed by atoms with E-state index >= 15 is 0 Å². The van der Waals surface area contributed by atoms with Crippen molar-refractivity contribution in [2.45, 2.75) is 13.3 Å². The summed E-state index contributed by atoms with van der Waals surface area (Å²) in [6.07, 6.45) is 3.90. The smallest absolute Gasteiger partial charge is 0.224 e. The van der Waals surface area contributed by atoms with Crippen molar-refractivity contribution in [3.8, 4) is 5.82 Å². The standard InChI is InChI=1S/C22H22N6O/c1-16-26-20(15-21(27-16)28-13-5-10-25-28)23-11-12-24-22(29)14-18-8-4-7-17-6-2-3-9-19(17)18/h2-10,13,15H,11-12,14H2,1H3,(H,24,29)(H,23,26,27). The van der Waals surface area contributed by atoms with E-state index in [0.29, 0.717) is 37.0 Å². The highest BCUT2D eigenvalue weighted by Gasteiger charge is 2.07. The van der Waals surface area contributed by atoms with E-state index < -0.39 is 0 Å². The average Bonchev–Trinajstić information content (AvgIpc) is 3.26. The van der Waals surface area contributed by atoms with Crippen molar-refractivity contribution >= 4 is 22.5 Å². The van der Waals surface area contributed by atoms with Gasteiger partial charge in [0.15, 0.2) is 5.82 Å². The lowest BCUT2D eigenvalue weighted by Gasteiger charge is -2.10. The average molecular weight is 386 g/mol. The van der Waals surface area contributed by atoms with Crippen LogP contribution in [0.5, 0.6) is 0 Å². The molecular formula is C22H22N6O. The van der Waals surface area contributed by atoms with E-state index in [1.807, 2.05) is 55.6 Å². The van der Waals surface area contributed by atoms with Crippen molar-refractivity contribution < 1.29 is 4.79 Å². The predicted molar refractivity (Wildman–Crippen MR) is 113 cm³/mol. The minimum atomic E-state index is -0.000693. The lowest BCUT2D eigenvalue weighted by atomic mass is 10.0. The van der Waals surface area contributed by atoms with Crippen LogP contribution in [0.2, 0.25) is 0 Å². The van der Waals surface area contributed by atoms with Gasteiger partial charge in [0.05, 0.1) is 6.42 Å². The largest absolute Gasteiger partial charge is 0.368 e. The van der Waals surface area contributed by atoms with Gasteiger partial charge in [0.2, 0.25) is 5.91 Å². The van der Waals surface area contributed by atoms with Crippen LogP contribution in [-0.2, 0) is 11.2 Å². The van der Waals surface area contributed by atoms with E-state index in [2.05, 4.69) is 37.8 Å². The van der Waals surface area contributed by atoms with E-state index in [9.17, 15) is 4.79 Å². The Bertz CT molecular complexity index is 1120. The second kappa shape index (κ2) is 8.52. The zero-order chi connectivity index (χ0) is 20.1. The van der Waals surface area contributed by atoms with Gasteiger partial charge in [0, 0.05) is 31.5 Å². The maximum Gasteiger partial charge on any atom is 0.224 e. The summed E-state index contributed by atoms with van der Waals surface area (Å²) >= 11 is 0. The van der Waals surface area contributed by atoms with Crippen molar-refractivity contribution in [1.82, 2.24) is 25.1 Å². The van der Waals surface area contributed by atoms with Crippen molar-refractivity contribution in [3.63, 3.8) is 0 Å². The van der Waals surface area contributed by atoms with Gasteiger partial charge < -0.3 is 10.6 Å². The van der Waals surface area contributed by atoms with Crippen molar-refractivity contribution in [2.75, 3.05) is 18.4 Å². The van der Waals surface area contributed by atoms with Gasteiger partial charge in [-0.25, -0.2) is 14.6 Å². The van der Waals surface area contributed by atoms with E-state index in [0.717, 1.165) is 16.3 Å². The third-order valence-electron chi connectivity index (χ3n) is 4.55. The molecule has 0 aliphatic carbocycles. The third-order valence-corrected chi connectivity index (χ3v) is 4.55. The molecule has 0 saturated carbocycles. The van der Waals surface area contributed by atoms with Gasteiger partial charge in [-0.05, 0) is 29.3 Å². The lowest BCUT2D eigenvalue weighted by Crippen LogP contribution is -2.30. The van der Waals surface area contributed by atoms with Crippen LogP contribution in [0.4, 0.5) is 5.82 Å². The number of hydrogen-bond donors (Lipinski definition) is 2. The Morgan fingerprint density at radius 3 is 2.76 bits per heavy atom. The van der Waals surface area contributed by atoms with Crippen LogP contribution in [0.1, 0.15) is 11.4 Å². The number of fused-ring (bicyclic) bond motifs is 1. The van der Waals surface area contributed by atoms with Gasteiger partial charge in [-0.1, -0.05) is 42.5 Å². The molecule has 2 heterocycles. The van der Waals surface area contributed by atoms with E-state index in [1.54, 1.807) is 10.9 Å². The number of nitrogens with zero attached hydrogens (tertiary/aromatic N) is 4. The number of carbonyl (C=O) groups is 1. The number of carbonyl (C=O) groups excluding carboxylic acids is 1. The van der Waals surface area contributed by atoms with Crippen LogP contribution in [0.3, 0.4) is 0 Å². The fourth-order valence-electron chi connectivity index (χ4n) is 3.24. The van der Waals surface area contributed by atoms with Crippen LogP contribution in [0.15, 0.2) is 67.0 Å². The summed E-state index contributed by atoms with van der Waals surface area (Å²) in [6, 6.07) is 17.8. The number of nitrogens with one attached hydrogen (secondary N) is 2. The Kier molecular flexibility index (Phi) is 5.47. The molecule has 0 saturated heterocycles. The molecule has 2 N–H and O–H groups in total. The second-order valence-corrected chi connectivity index (χ2v) is 6.70. The molecule has 0 fully saturated rings. The van der Waals surface area contributed by atoms with E-state index in [1.165, 1.54) is 0 Å². The molecule has 0 aliphatic rings. The van der Waals surface area contributed by atoms with E-state index in [-0.39, 0.29) is 5.91 Å². The van der Waals surface area contributed by atoms with Gasteiger partial charge in [0.1, 0.15) is 11.6 Å². The Labute approximate surface area is 168 Å². The second-order valence-electron chi connectivity index (χ2n) is 6.70. The summed E-state index contributed by atoms with van der Waals surface area (Å²) in [7, 11) is 0. The number of rotatable bonds is 7. The summed E-state index contributed by atoms with van der Waals surface area (Å²) in [6.45, 7) is 2.91. The van der Waals surface area contributed by atoms with Gasteiger partial charge in [0.25, 0.3) is 0 Å². The number of aromatic nitrogens is 4. The third kappa shape index (κ3) is 4.57. The maximum atomic E-state index is 12.4. The molecule has 146 valence electrons. The Morgan fingerprint density at radius 1 is 1.03 bits per heavy atom. The molecule has 0 radical (unpaired) electrons. The molecule has 7 heteroatoms. The monoisotopic (exact) mass is 386 g/mol. The Hall–Kier alpha value is -3.74. The van der Waals surface area contributed by atoms with Gasteiger partial charge in [-0.3, -0.25) is 4.79 Å². The predicted octanol–water partition coefficient (Wildman–Crippen LogP) is 2.89. The van der Waals surface area contributed by atoms with Crippen molar-refractivity contribution in [3.05, 3.63) is 78.4 Å². The van der Waals surface area contributed by atoms with Crippen molar-refractivity contribution in [2.24, 2.45) is 0 Å². The number of amides is 1. The first-order chi connectivity index (χ1) is 14.2. The van der Waals surface area contributed by atoms with Crippen LogP contribution >= 0.6 is 0 Å². The molecule has 2 aromatic carbocycles. The highest BCUT2D eigenvalue weighted by atomic mass is 16.1. The normalized spacial score (nSPS) is 10.8. The molecule has 29 heavy (non-hydrogen) atoms. The van der Waals surface area contributed by atoms with Crippen LogP contribution in [-0.4, -0.2) is 38.7 Å². The fraction of sp³-hybridized carbons (Fsp3) is 0.182. The SMILES string of the molecule is Cc1nc(NCCNC(=O)Cc2cccc3ccccc23)cc(-n2cccn2)n1. The Balaban J connectivity index is 1.31. The highest BCUT2D eigenvalue weighted by Crippen LogP contribution is 2.18. The molecule has 0 atom stereocenters. The summed E-state index contributed by atoms with van der Waals surface area (Å²) in [5.74, 6) is 2.05. The summed E-state index contributed by atoms with van der Waals surface area (Å²) in [5, 5.41) is 12.6. The zero-order valence-corrected chi connectivity index (χ0v) is 16.2. The summed E-state index contributed by atoms with van der Waals surface area (Å²) in [4.78, 5) is 21.1. The van der Waals surface area contributed by atoms with Gasteiger partial charge >= 0.3 is 0 Å². The number of anilines is 1. The number of aryl methyl sites for hydroxylation is 1. The molecule has 7 nitrogen and oxygen atoms in total. The molecule has 2 aromatic heterocycles. The van der Waals surface area contributed by atoms with Crippen molar-refractivity contribution in [1.29, 1.82) is 0 Å². The molecule has 0 spiro atoms. The maximum absolute atomic E-state index is 12.4. The Morgan fingerprint density at radius 2 is 1.90 bits per heavy atom. The summed E-state index contributed by atoms with van der Waals surface area (Å²) < 4.78 is 1.69. The topological polar surface area (TPSA) is 84.7 Å². The first-order valence-corrected chi connectivity index (χ1v) is 9.52. The van der Waals surface area contributed by atoms with Crippen LogP contribution < -0.4 is 10.6 Å². The zero-order valence-electron chi connectivity index (χ0n) is 16.2. The first-order valence-electron chi connectivity index (χ1n) is 9.52. The molecule has 4 rings (SSSR count). The van der Waals surface area contributed by atoms with Crippen LogP contribution in [0.25, 0.3) is 16.6 Å². The number of benzene rings is 2. The highest BCUT2D eigenvalue weighted by molar-refractivity contribution is 5.90. The molecule has 0 bridgehead atoms. The molecule has 4 aromatic rings. The fourth-order valence-corrected chi connectivity index (χ4v) is 3.24. The molecule has 0 unspecified atom stereocenters. The van der Waals surface area contributed by atoms with Gasteiger partial charge in [-0.2, -0.15) is 5.10 Å². The minimum absolute atomic E-state index is 0.000693.